The number of rotatable bonds is 5. The molecule has 0 aliphatic carbocycles. The van der Waals surface area contributed by atoms with E-state index < -0.39 is 0 Å². The van der Waals surface area contributed by atoms with Crippen LogP contribution in [0, 0.1) is 0 Å². The maximum atomic E-state index is 12.3. The number of fused-ring (bicyclic) bond motifs is 1. The van der Waals surface area contributed by atoms with Crippen LogP contribution in [0.4, 0.5) is 0 Å². The maximum Gasteiger partial charge on any atom is 0.222 e. The van der Waals surface area contributed by atoms with E-state index >= 15 is 0 Å². The highest BCUT2D eigenvalue weighted by molar-refractivity contribution is 5.81. The number of H-pyrrole nitrogens is 1. The number of piperidine rings is 1. The van der Waals surface area contributed by atoms with Crippen molar-refractivity contribution in [3.8, 4) is 0 Å². The molecule has 0 aromatic carbocycles. The Kier molecular flexibility index (Phi) is 6.20. The van der Waals surface area contributed by atoms with Crippen LogP contribution in [0.3, 0.4) is 0 Å². The summed E-state index contributed by atoms with van der Waals surface area (Å²) in [5.41, 5.74) is 3.68. The first-order valence-corrected chi connectivity index (χ1v) is 11.3. The van der Waals surface area contributed by atoms with E-state index in [9.17, 15) is 4.79 Å². The molecule has 6 nitrogen and oxygen atoms in total. The standard InChI is InChI=1S/C23H35N5O/c1-4-21(29)28-10-6-7-18(15-28)22-20(19-8-5-9-24-23(19)25-22)16-26-11-13-27(14-12-26)17(2)3/h5,8-9,17-18H,4,6-7,10-16H2,1-3H3,(H,24,25). The van der Waals surface area contributed by atoms with Crippen molar-refractivity contribution in [1.29, 1.82) is 0 Å². The Balaban J connectivity index is 1.57. The van der Waals surface area contributed by atoms with Crippen LogP contribution in [0.25, 0.3) is 11.0 Å². The molecule has 2 aromatic rings. The van der Waals surface area contributed by atoms with Crippen molar-refractivity contribution in [2.45, 2.75) is 58.5 Å². The van der Waals surface area contributed by atoms with Crippen molar-refractivity contribution in [3.05, 3.63) is 29.6 Å². The van der Waals surface area contributed by atoms with Gasteiger partial charge in [-0.25, -0.2) is 4.98 Å². The van der Waals surface area contributed by atoms with Gasteiger partial charge in [0.25, 0.3) is 0 Å². The van der Waals surface area contributed by atoms with Crippen LogP contribution < -0.4 is 0 Å². The molecule has 2 aromatic heterocycles. The number of likely N-dealkylation sites (tertiary alicyclic amines) is 1. The van der Waals surface area contributed by atoms with Gasteiger partial charge < -0.3 is 9.88 Å². The van der Waals surface area contributed by atoms with Gasteiger partial charge in [-0.2, -0.15) is 0 Å². The summed E-state index contributed by atoms with van der Waals surface area (Å²) < 4.78 is 0. The highest BCUT2D eigenvalue weighted by Crippen LogP contribution is 2.33. The van der Waals surface area contributed by atoms with Crippen LogP contribution in [-0.2, 0) is 11.3 Å². The molecule has 158 valence electrons. The third-order valence-corrected chi connectivity index (χ3v) is 6.71. The summed E-state index contributed by atoms with van der Waals surface area (Å²) >= 11 is 0. The Hall–Kier alpha value is -1.92. The largest absolute Gasteiger partial charge is 0.343 e. The normalized spacial score (nSPS) is 21.9. The summed E-state index contributed by atoms with van der Waals surface area (Å²) in [4.78, 5) is 27.7. The number of aromatic nitrogens is 2. The van der Waals surface area contributed by atoms with Gasteiger partial charge in [0.1, 0.15) is 5.65 Å². The maximum absolute atomic E-state index is 12.3. The van der Waals surface area contributed by atoms with E-state index in [4.69, 9.17) is 0 Å². The third-order valence-electron chi connectivity index (χ3n) is 6.71. The van der Waals surface area contributed by atoms with E-state index in [2.05, 4.69) is 44.6 Å². The summed E-state index contributed by atoms with van der Waals surface area (Å²) in [6, 6.07) is 4.85. The fraction of sp³-hybridized carbons (Fsp3) is 0.652. The van der Waals surface area contributed by atoms with Gasteiger partial charge in [0, 0.05) is 81.5 Å². The van der Waals surface area contributed by atoms with E-state index in [0.717, 1.165) is 64.3 Å². The topological polar surface area (TPSA) is 55.5 Å². The lowest BCUT2D eigenvalue weighted by Crippen LogP contribution is -2.48. The second-order valence-electron chi connectivity index (χ2n) is 8.86. The summed E-state index contributed by atoms with van der Waals surface area (Å²) in [6.45, 7) is 13.7. The van der Waals surface area contributed by atoms with Gasteiger partial charge >= 0.3 is 0 Å². The van der Waals surface area contributed by atoms with Crippen LogP contribution >= 0.6 is 0 Å². The number of aromatic amines is 1. The molecule has 1 amide bonds. The highest BCUT2D eigenvalue weighted by atomic mass is 16.2. The van der Waals surface area contributed by atoms with E-state index in [-0.39, 0.29) is 5.91 Å². The molecule has 29 heavy (non-hydrogen) atoms. The molecule has 0 saturated carbocycles. The lowest BCUT2D eigenvalue weighted by molar-refractivity contribution is -0.132. The van der Waals surface area contributed by atoms with Gasteiger partial charge in [-0.05, 0) is 44.4 Å². The number of amides is 1. The number of carbonyl (C=O) groups is 1. The predicted molar refractivity (Wildman–Crippen MR) is 117 cm³/mol. The van der Waals surface area contributed by atoms with Crippen molar-refractivity contribution < 1.29 is 4.79 Å². The molecule has 2 fully saturated rings. The van der Waals surface area contributed by atoms with Crippen LogP contribution in [-0.4, -0.2) is 75.9 Å². The van der Waals surface area contributed by atoms with Crippen molar-refractivity contribution in [2.75, 3.05) is 39.3 Å². The average molecular weight is 398 g/mol. The Morgan fingerprint density at radius 2 is 2.03 bits per heavy atom. The average Bonchev–Trinajstić information content (AvgIpc) is 3.12. The zero-order valence-electron chi connectivity index (χ0n) is 18.2. The lowest BCUT2D eigenvalue weighted by Gasteiger charge is -2.37. The van der Waals surface area contributed by atoms with E-state index in [1.54, 1.807) is 0 Å². The van der Waals surface area contributed by atoms with Gasteiger partial charge in [-0.1, -0.05) is 6.92 Å². The monoisotopic (exact) mass is 397 g/mol. The van der Waals surface area contributed by atoms with Gasteiger partial charge in [0.15, 0.2) is 0 Å². The highest BCUT2D eigenvalue weighted by Gasteiger charge is 2.29. The Morgan fingerprint density at radius 1 is 1.24 bits per heavy atom. The number of nitrogens with one attached hydrogen (secondary N) is 1. The molecule has 1 unspecified atom stereocenters. The number of hydrogen-bond acceptors (Lipinski definition) is 4. The molecule has 1 atom stereocenters. The molecule has 1 N–H and O–H groups in total. The third kappa shape index (κ3) is 4.33. The fourth-order valence-electron chi connectivity index (χ4n) is 4.94. The molecule has 2 aliphatic rings. The quantitative estimate of drug-likeness (QED) is 0.842. The van der Waals surface area contributed by atoms with E-state index in [1.165, 1.54) is 16.6 Å². The Morgan fingerprint density at radius 3 is 2.76 bits per heavy atom. The molecule has 6 heteroatoms. The first kappa shape index (κ1) is 20.4. The zero-order valence-corrected chi connectivity index (χ0v) is 18.2. The molecular formula is C23H35N5O. The van der Waals surface area contributed by atoms with Crippen molar-refractivity contribution >= 4 is 16.9 Å². The number of nitrogens with zero attached hydrogens (tertiary/aromatic N) is 4. The molecule has 0 radical (unpaired) electrons. The van der Waals surface area contributed by atoms with Crippen molar-refractivity contribution in [1.82, 2.24) is 24.7 Å². The fourth-order valence-corrected chi connectivity index (χ4v) is 4.94. The van der Waals surface area contributed by atoms with Crippen LogP contribution in [0.5, 0.6) is 0 Å². The summed E-state index contributed by atoms with van der Waals surface area (Å²) in [7, 11) is 0. The van der Waals surface area contributed by atoms with Gasteiger partial charge in [0.05, 0.1) is 0 Å². The molecular weight excluding hydrogens is 362 g/mol. The number of pyridine rings is 1. The number of piperazine rings is 1. The number of carbonyl (C=O) groups excluding carboxylic acids is 1. The van der Waals surface area contributed by atoms with Crippen LogP contribution in [0.15, 0.2) is 18.3 Å². The minimum atomic E-state index is 0.273. The second-order valence-corrected chi connectivity index (χ2v) is 8.86. The van der Waals surface area contributed by atoms with E-state index in [0.29, 0.717) is 18.4 Å². The van der Waals surface area contributed by atoms with Crippen LogP contribution in [0.2, 0.25) is 0 Å². The minimum Gasteiger partial charge on any atom is -0.343 e. The van der Waals surface area contributed by atoms with Crippen LogP contribution in [0.1, 0.15) is 57.2 Å². The first-order valence-electron chi connectivity index (χ1n) is 11.3. The van der Waals surface area contributed by atoms with Gasteiger partial charge in [0.2, 0.25) is 5.91 Å². The smallest absolute Gasteiger partial charge is 0.222 e. The number of hydrogen-bond donors (Lipinski definition) is 1. The predicted octanol–water partition coefficient (Wildman–Crippen LogP) is 3.20. The lowest BCUT2D eigenvalue weighted by atomic mass is 9.91. The summed E-state index contributed by atoms with van der Waals surface area (Å²) in [5, 5.41) is 1.24. The molecule has 0 spiro atoms. The zero-order chi connectivity index (χ0) is 20.4. The van der Waals surface area contributed by atoms with Crippen molar-refractivity contribution in [3.63, 3.8) is 0 Å². The summed E-state index contributed by atoms with van der Waals surface area (Å²) in [5.74, 6) is 0.649. The first-order chi connectivity index (χ1) is 14.1. The summed E-state index contributed by atoms with van der Waals surface area (Å²) in [6.07, 6.45) is 4.66. The minimum absolute atomic E-state index is 0.273. The van der Waals surface area contributed by atoms with Crippen molar-refractivity contribution in [2.24, 2.45) is 0 Å². The Bertz CT molecular complexity index is 837. The molecule has 4 heterocycles. The molecule has 0 bridgehead atoms. The van der Waals surface area contributed by atoms with E-state index in [1.807, 2.05) is 19.2 Å². The SMILES string of the molecule is CCC(=O)N1CCCC(c2[nH]c3ncccc3c2CN2CCN(C(C)C)CC2)C1. The molecule has 2 aliphatic heterocycles. The molecule has 2 saturated heterocycles. The van der Waals surface area contributed by atoms with Gasteiger partial charge in [-0.15, -0.1) is 0 Å². The molecule has 4 rings (SSSR count). The van der Waals surface area contributed by atoms with Gasteiger partial charge in [-0.3, -0.25) is 14.6 Å². The Labute approximate surface area is 174 Å². The second kappa shape index (κ2) is 8.84.